The van der Waals surface area contributed by atoms with Gasteiger partial charge < -0.3 is 14.4 Å². The molecule has 0 spiro atoms. The Morgan fingerprint density at radius 3 is 2.72 bits per heavy atom. The second-order valence-electron chi connectivity index (χ2n) is 6.15. The highest BCUT2D eigenvalue weighted by atomic mass is 79.9. The lowest BCUT2D eigenvalue weighted by Gasteiger charge is -2.26. The minimum absolute atomic E-state index is 0.0647. The average molecular weight is 464 g/mol. The van der Waals surface area contributed by atoms with Crippen LogP contribution in [-0.2, 0) is 9.53 Å². The Kier molecular flexibility index (Phi) is 7.31. The highest BCUT2D eigenvalue weighted by Gasteiger charge is 2.17. The third kappa shape index (κ3) is 5.85. The highest BCUT2D eigenvalue weighted by molar-refractivity contribution is 9.10. The molecule has 3 rings (SSSR count). The number of nitrogens with one attached hydrogen (secondary N) is 1. The Morgan fingerprint density at radius 1 is 1.24 bits per heavy atom. The molecule has 0 atom stereocenters. The third-order valence-electron chi connectivity index (χ3n) is 4.17. The van der Waals surface area contributed by atoms with Gasteiger partial charge >= 0.3 is 0 Å². The summed E-state index contributed by atoms with van der Waals surface area (Å²) in [5.41, 5.74) is 2.88. The van der Waals surface area contributed by atoms with Crippen LogP contribution in [0.2, 0.25) is 0 Å². The number of benzene rings is 2. The fourth-order valence-electron chi connectivity index (χ4n) is 2.63. The van der Waals surface area contributed by atoms with Crippen molar-refractivity contribution in [1.29, 1.82) is 0 Å². The summed E-state index contributed by atoms with van der Waals surface area (Å²) in [5.74, 6) is -0.836. The van der Waals surface area contributed by atoms with Gasteiger partial charge in [0.1, 0.15) is 11.6 Å². The summed E-state index contributed by atoms with van der Waals surface area (Å²) >= 11 is 3.39. The van der Waals surface area contributed by atoms with E-state index in [2.05, 4.69) is 26.5 Å². The summed E-state index contributed by atoms with van der Waals surface area (Å²) in [5, 5.41) is 3.84. The zero-order valence-electron chi connectivity index (χ0n) is 15.4. The van der Waals surface area contributed by atoms with Crippen LogP contribution in [0.5, 0.6) is 5.75 Å². The summed E-state index contributed by atoms with van der Waals surface area (Å²) in [7, 11) is 0. The van der Waals surface area contributed by atoms with Crippen molar-refractivity contribution >= 4 is 34.0 Å². The van der Waals surface area contributed by atoms with E-state index in [1.165, 1.54) is 24.4 Å². The molecule has 2 aromatic carbocycles. The Hall–Kier alpha value is -2.78. The standard InChI is InChI=1S/C20H19BrFN3O4/c21-16-11-14(12-23-24-20(27)15-3-1-2-4-17(15)22)5-6-18(16)29-13-19(26)25-7-9-28-10-8-25/h1-6,11-12H,7-10,13H2,(H,24,27)/b23-12-. The van der Waals surface area contributed by atoms with Gasteiger partial charge in [-0.1, -0.05) is 12.1 Å². The van der Waals surface area contributed by atoms with Gasteiger partial charge in [0.2, 0.25) is 0 Å². The zero-order valence-corrected chi connectivity index (χ0v) is 17.0. The van der Waals surface area contributed by atoms with Crippen LogP contribution < -0.4 is 10.2 Å². The fourth-order valence-corrected chi connectivity index (χ4v) is 3.14. The normalized spacial score (nSPS) is 14.1. The first-order valence-corrected chi connectivity index (χ1v) is 9.69. The summed E-state index contributed by atoms with van der Waals surface area (Å²) in [6, 6.07) is 10.8. The number of ether oxygens (including phenoxy) is 2. The monoisotopic (exact) mass is 463 g/mol. The predicted molar refractivity (Wildman–Crippen MR) is 108 cm³/mol. The van der Waals surface area contributed by atoms with E-state index in [1.807, 2.05) is 0 Å². The van der Waals surface area contributed by atoms with Gasteiger partial charge in [0.05, 0.1) is 29.5 Å². The maximum Gasteiger partial charge on any atom is 0.274 e. The van der Waals surface area contributed by atoms with E-state index in [0.29, 0.717) is 42.1 Å². The number of hydrogen-bond donors (Lipinski definition) is 1. The minimum Gasteiger partial charge on any atom is -0.483 e. The van der Waals surface area contributed by atoms with Crippen molar-refractivity contribution < 1.29 is 23.5 Å². The Morgan fingerprint density at radius 2 is 2.00 bits per heavy atom. The quantitative estimate of drug-likeness (QED) is 0.527. The van der Waals surface area contributed by atoms with Crippen LogP contribution in [-0.4, -0.2) is 55.8 Å². The maximum atomic E-state index is 13.6. The molecule has 2 amide bonds. The number of carbonyl (C=O) groups excluding carboxylic acids is 2. The molecule has 1 aliphatic rings. The molecule has 0 saturated carbocycles. The van der Waals surface area contributed by atoms with Crippen molar-refractivity contribution in [1.82, 2.24) is 10.3 Å². The van der Waals surface area contributed by atoms with E-state index >= 15 is 0 Å². The molecule has 0 bridgehead atoms. The second-order valence-corrected chi connectivity index (χ2v) is 7.01. The number of hydrazone groups is 1. The lowest BCUT2D eigenvalue weighted by molar-refractivity contribution is -0.137. The molecule has 0 radical (unpaired) electrons. The van der Waals surface area contributed by atoms with Crippen LogP contribution in [0.4, 0.5) is 4.39 Å². The minimum atomic E-state index is -0.639. The molecule has 29 heavy (non-hydrogen) atoms. The summed E-state index contributed by atoms with van der Waals surface area (Å²) in [6.45, 7) is 2.15. The van der Waals surface area contributed by atoms with Gasteiger partial charge in [-0.25, -0.2) is 9.82 Å². The average Bonchev–Trinajstić information content (AvgIpc) is 2.74. The van der Waals surface area contributed by atoms with Gasteiger partial charge in [-0.3, -0.25) is 9.59 Å². The molecule has 1 fully saturated rings. The van der Waals surface area contributed by atoms with Gasteiger partial charge in [0, 0.05) is 13.1 Å². The van der Waals surface area contributed by atoms with E-state index in [1.54, 1.807) is 29.2 Å². The molecule has 2 aromatic rings. The first kappa shape index (κ1) is 20.9. The Labute approximate surface area is 175 Å². The maximum absolute atomic E-state index is 13.6. The molecule has 0 aliphatic carbocycles. The first-order valence-electron chi connectivity index (χ1n) is 8.90. The number of nitrogens with zero attached hydrogens (tertiary/aromatic N) is 2. The Bertz CT molecular complexity index is 916. The zero-order chi connectivity index (χ0) is 20.6. The van der Waals surface area contributed by atoms with Gasteiger partial charge in [0.15, 0.2) is 6.61 Å². The van der Waals surface area contributed by atoms with Crippen molar-refractivity contribution in [2.24, 2.45) is 5.10 Å². The fraction of sp³-hybridized carbons (Fsp3) is 0.250. The molecule has 7 nitrogen and oxygen atoms in total. The van der Waals surface area contributed by atoms with E-state index in [9.17, 15) is 14.0 Å². The molecule has 9 heteroatoms. The SMILES string of the molecule is O=C(N/N=C\c1ccc(OCC(=O)N2CCOCC2)c(Br)c1)c1ccccc1F. The summed E-state index contributed by atoms with van der Waals surface area (Å²) < 4.78 is 25.0. The van der Waals surface area contributed by atoms with Crippen molar-refractivity contribution in [3.05, 3.63) is 63.9 Å². The van der Waals surface area contributed by atoms with Gasteiger partial charge in [-0.2, -0.15) is 5.10 Å². The van der Waals surface area contributed by atoms with E-state index < -0.39 is 11.7 Å². The Balaban J connectivity index is 1.53. The van der Waals surface area contributed by atoms with Crippen LogP contribution in [0.15, 0.2) is 52.0 Å². The molecule has 1 aliphatic heterocycles. The number of morpholine rings is 1. The second kappa shape index (κ2) is 10.1. The topological polar surface area (TPSA) is 80.2 Å². The van der Waals surface area contributed by atoms with Crippen molar-refractivity contribution in [2.75, 3.05) is 32.9 Å². The largest absolute Gasteiger partial charge is 0.483 e. The number of rotatable bonds is 6. The molecular weight excluding hydrogens is 445 g/mol. The lowest BCUT2D eigenvalue weighted by Crippen LogP contribution is -2.43. The molecule has 1 N–H and O–H groups in total. The molecule has 152 valence electrons. The van der Waals surface area contributed by atoms with Crippen molar-refractivity contribution in [3.8, 4) is 5.75 Å². The van der Waals surface area contributed by atoms with Crippen LogP contribution in [0, 0.1) is 5.82 Å². The molecular formula is C20H19BrFN3O4. The lowest BCUT2D eigenvalue weighted by atomic mass is 10.2. The third-order valence-corrected chi connectivity index (χ3v) is 4.79. The van der Waals surface area contributed by atoms with Crippen molar-refractivity contribution in [2.45, 2.75) is 0 Å². The first-order chi connectivity index (χ1) is 14.0. The van der Waals surface area contributed by atoms with Gasteiger partial charge in [-0.05, 0) is 51.8 Å². The molecule has 0 unspecified atom stereocenters. The molecule has 1 saturated heterocycles. The number of carbonyl (C=O) groups is 2. The van der Waals surface area contributed by atoms with Crippen LogP contribution in [0.3, 0.4) is 0 Å². The summed E-state index contributed by atoms with van der Waals surface area (Å²) in [4.78, 5) is 25.8. The highest BCUT2D eigenvalue weighted by Crippen LogP contribution is 2.25. The number of halogens is 2. The molecule has 1 heterocycles. The number of hydrogen-bond acceptors (Lipinski definition) is 5. The number of amides is 2. The smallest absolute Gasteiger partial charge is 0.274 e. The van der Waals surface area contributed by atoms with E-state index in [-0.39, 0.29) is 18.1 Å². The van der Waals surface area contributed by atoms with E-state index in [0.717, 1.165) is 0 Å². The van der Waals surface area contributed by atoms with Crippen LogP contribution >= 0.6 is 15.9 Å². The predicted octanol–water partition coefficient (Wildman–Crippen LogP) is 2.59. The van der Waals surface area contributed by atoms with Gasteiger partial charge in [0.25, 0.3) is 11.8 Å². The van der Waals surface area contributed by atoms with Crippen LogP contribution in [0.1, 0.15) is 15.9 Å². The van der Waals surface area contributed by atoms with Gasteiger partial charge in [-0.15, -0.1) is 0 Å². The molecule has 0 aromatic heterocycles. The van der Waals surface area contributed by atoms with E-state index in [4.69, 9.17) is 9.47 Å². The summed E-state index contributed by atoms with van der Waals surface area (Å²) in [6.07, 6.45) is 1.42. The van der Waals surface area contributed by atoms with Crippen LogP contribution in [0.25, 0.3) is 0 Å². The van der Waals surface area contributed by atoms with Crippen molar-refractivity contribution in [3.63, 3.8) is 0 Å².